The smallest absolute Gasteiger partial charge is 0.175 e. The first-order valence-corrected chi connectivity index (χ1v) is 4.13. The van der Waals surface area contributed by atoms with E-state index in [4.69, 9.17) is 0 Å². The van der Waals surface area contributed by atoms with E-state index in [-0.39, 0.29) is 0 Å². The van der Waals surface area contributed by atoms with Crippen LogP contribution in [-0.2, 0) is 0 Å². The van der Waals surface area contributed by atoms with Crippen LogP contribution >= 0.6 is 0 Å². The summed E-state index contributed by atoms with van der Waals surface area (Å²) in [5.74, 6) is 1.05. The maximum absolute atomic E-state index is 4.09. The summed E-state index contributed by atoms with van der Waals surface area (Å²) in [6.07, 6.45) is 8.58. The van der Waals surface area contributed by atoms with Gasteiger partial charge in [-0.25, -0.2) is 4.98 Å². The lowest BCUT2D eigenvalue weighted by atomic mass is 10.1. The predicted molar refractivity (Wildman–Crippen MR) is 43.5 cm³/mol. The fourth-order valence-electron chi connectivity index (χ4n) is 1.50. The molecule has 1 aliphatic rings. The highest BCUT2D eigenvalue weighted by atomic mass is 15.2. The number of H-pyrrole nitrogens is 1. The molecule has 0 unspecified atom stereocenters. The van der Waals surface area contributed by atoms with Crippen LogP contribution in [0.15, 0.2) is 6.20 Å². The molecule has 0 amide bonds. The van der Waals surface area contributed by atoms with Gasteiger partial charge >= 0.3 is 0 Å². The predicted octanol–water partition coefficient (Wildman–Crippen LogP) is 1.20. The van der Waals surface area contributed by atoms with Crippen LogP contribution in [0.1, 0.15) is 19.3 Å². The molecule has 3 heteroatoms. The van der Waals surface area contributed by atoms with E-state index in [0.717, 1.165) is 18.9 Å². The molecule has 0 aromatic carbocycles. The van der Waals surface area contributed by atoms with E-state index in [2.05, 4.69) is 21.2 Å². The first-order chi connectivity index (χ1) is 5.47. The number of anilines is 1. The molecule has 11 heavy (non-hydrogen) atoms. The molecule has 1 aromatic heterocycles. The van der Waals surface area contributed by atoms with E-state index in [1.807, 2.05) is 6.20 Å². The van der Waals surface area contributed by atoms with Crippen LogP contribution in [0, 0.1) is 6.33 Å². The number of hydrogen-bond donors (Lipinski definition) is 1. The monoisotopic (exact) mass is 150 g/mol. The Morgan fingerprint density at radius 3 is 2.82 bits per heavy atom. The second-order valence-corrected chi connectivity index (χ2v) is 2.92. The third-order valence-corrected chi connectivity index (χ3v) is 2.12. The molecule has 2 rings (SSSR count). The summed E-state index contributed by atoms with van der Waals surface area (Å²) >= 11 is 0. The van der Waals surface area contributed by atoms with Crippen LogP contribution in [0.5, 0.6) is 0 Å². The van der Waals surface area contributed by atoms with Gasteiger partial charge in [-0.2, -0.15) is 0 Å². The van der Waals surface area contributed by atoms with Crippen molar-refractivity contribution in [2.24, 2.45) is 0 Å². The maximum Gasteiger partial charge on any atom is 0.175 e. The van der Waals surface area contributed by atoms with Gasteiger partial charge in [-0.3, -0.25) is 0 Å². The van der Waals surface area contributed by atoms with Gasteiger partial charge in [-0.1, -0.05) is 0 Å². The molecule has 1 saturated heterocycles. The molecule has 3 nitrogen and oxygen atoms in total. The van der Waals surface area contributed by atoms with Gasteiger partial charge in [0.05, 0.1) is 0 Å². The Morgan fingerprint density at radius 1 is 1.36 bits per heavy atom. The Hall–Kier alpha value is -0.990. The van der Waals surface area contributed by atoms with Crippen LogP contribution in [0.4, 0.5) is 5.82 Å². The fourth-order valence-corrected chi connectivity index (χ4v) is 1.50. The summed E-state index contributed by atoms with van der Waals surface area (Å²) in [5.41, 5.74) is 0. The van der Waals surface area contributed by atoms with E-state index in [1.54, 1.807) is 0 Å². The first-order valence-electron chi connectivity index (χ1n) is 4.13. The highest BCUT2D eigenvalue weighted by molar-refractivity contribution is 5.35. The molecule has 1 aromatic rings. The molecule has 0 saturated carbocycles. The van der Waals surface area contributed by atoms with Crippen molar-refractivity contribution >= 4 is 5.82 Å². The lowest BCUT2D eigenvalue weighted by Crippen LogP contribution is -2.29. The SMILES string of the molecule is [c]1nc(N2CCCCC2)c[nH]1. The minimum Gasteiger partial charge on any atom is -0.355 e. The Kier molecular flexibility index (Phi) is 1.79. The van der Waals surface area contributed by atoms with Gasteiger partial charge < -0.3 is 9.88 Å². The standard InChI is InChI=1S/C8H12N3/c1-2-4-11(5-3-1)8-6-9-7-10-8/h6H,1-5H2,(H,9,10). The van der Waals surface area contributed by atoms with Gasteiger partial charge in [0, 0.05) is 19.3 Å². The van der Waals surface area contributed by atoms with Gasteiger partial charge in [-0.05, 0) is 19.3 Å². The second kappa shape index (κ2) is 2.95. The van der Waals surface area contributed by atoms with Crippen molar-refractivity contribution in [2.45, 2.75) is 19.3 Å². The van der Waals surface area contributed by atoms with Crippen molar-refractivity contribution in [3.63, 3.8) is 0 Å². The average Bonchev–Trinajstić information content (AvgIpc) is 2.58. The van der Waals surface area contributed by atoms with Crippen molar-refractivity contribution in [1.82, 2.24) is 9.97 Å². The molecule has 0 atom stereocenters. The maximum atomic E-state index is 4.09. The quantitative estimate of drug-likeness (QED) is 0.652. The van der Waals surface area contributed by atoms with E-state index in [0.29, 0.717) is 0 Å². The summed E-state index contributed by atoms with van der Waals surface area (Å²) < 4.78 is 0. The Balaban J connectivity index is 2.04. The molecule has 0 aliphatic carbocycles. The van der Waals surface area contributed by atoms with Crippen molar-refractivity contribution in [3.8, 4) is 0 Å². The Labute approximate surface area is 66.4 Å². The second-order valence-electron chi connectivity index (χ2n) is 2.92. The summed E-state index contributed by atoms with van der Waals surface area (Å²) in [4.78, 5) is 9.24. The zero-order chi connectivity index (χ0) is 7.52. The summed E-state index contributed by atoms with van der Waals surface area (Å²) in [6.45, 7) is 2.30. The number of aromatic amines is 1. The van der Waals surface area contributed by atoms with Gasteiger partial charge in [0.2, 0.25) is 0 Å². The third kappa shape index (κ3) is 1.37. The van der Waals surface area contributed by atoms with Crippen molar-refractivity contribution in [2.75, 3.05) is 18.0 Å². The average molecular weight is 150 g/mol. The van der Waals surface area contributed by atoms with E-state index in [9.17, 15) is 0 Å². The zero-order valence-electron chi connectivity index (χ0n) is 6.51. The lowest BCUT2D eigenvalue weighted by Gasteiger charge is -2.26. The number of aromatic nitrogens is 2. The molecule has 1 fully saturated rings. The molecule has 1 aliphatic heterocycles. The summed E-state index contributed by atoms with van der Waals surface area (Å²) in [5, 5.41) is 0. The zero-order valence-corrected chi connectivity index (χ0v) is 6.51. The molecule has 0 bridgehead atoms. The van der Waals surface area contributed by atoms with Crippen molar-refractivity contribution in [3.05, 3.63) is 12.5 Å². The van der Waals surface area contributed by atoms with E-state index in [1.165, 1.54) is 19.3 Å². The van der Waals surface area contributed by atoms with Crippen LogP contribution < -0.4 is 4.90 Å². The fraction of sp³-hybridized carbons (Fsp3) is 0.625. The van der Waals surface area contributed by atoms with Crippen LogP contribution in [0.2, 0.25) is 0 Å². The van der Waals surface area contributed by atoms with Gasteiger partial charge in [-0.15, -0.1) is 0 Å². The molecule has 1 N–H and O–H groups in total. The molecule has 59 valence electrons. The lowest BCUT2D eigenvalue weighted by molar-refractivity contribution is 0.574. The number of hydrogen-bond acceptors (Lipinski definition) is 2. The minimum absolute atomic E-state index is 1.05. The number of nitrogens with zero attached hydrogens (tertiary/aromatic N) is 2. The third-order valence-electron chi connectivity index (χ3n) is 2.12. The molecular weight excluding hydrogens is 138 g/mol. The normalized spacial score (nSPS) is 18.7. The van der Waals surface area contributed by atoms with E-state index < -0.39 is 0 Å². The Morgan fingerprint density at radius 2 is 2.18 bits per heavy atom. The molecule has 2 heterocycles. The minimum atomic E-state index is 1.05. The van der Waals surface area contributed by atoms with Crippen LogP contribution in [-0.4, -0.2) is 23.1 Å². The van der Waals surface area contributed by atoms with Gasteiger partial charge in [0.15, 0.2) is 6.33 Å². The highest BCUT2D eigenvalue weighted by Crippen LogP contribution is 2.15. The first kappa shape index (κ1) is 6.70. The number of nitrogens with one attached hydrogen (secondary N) is 1. The van der Waals surface area contributed by atoms with Crippen molar-refractivity contribution in [1.29, 1.82) is 0 Å². The number of rotatable bonds is 1. The Bertz CT molecular complexity index is 199. The topological polar surface area (TPSA) is 31.9 Å². The highest BCUT2D eigenvalue weighted by Gasteiger charge is 2.11. The number of imidazole rings is 1. The molecular formula is C8H12N3. The van der Waals surface area contributed by atoms with Gasteiger partial charge in [0.1, 0.15) is 5.82 Å². The van der Waals surface area contributed by atoms with Crippen LogP contribution in [0.3, 0.4) is 0 Å². The van der Waals surface area contributed by atoms with E-state index >= 15 is 0 Å². The summed E-state index contributed by atoms with van der Waals surface area (Å²) in [7, 11) is 0. The van der Waals surface area contributed by atoms with Gasteiger partial charge in [0.25, 0.3) is 0 Å². The largest absolute Gasteiger partial charge is 0.355 e. The number of piperidine rings is 1. The van der Waals surface area contributed by atoms with Crippen LogP contribution in [0.25, 0.3) is 0 Å². The molecule has 1 radical (unpaired) electrons. The van der Waals surface area contributed by atoms with Crippen molar-refractivity contribution < 1.29 is 0 Å². The molecule has 0 spiro atoms. The summed E-state index contributed by atoms with van der Waals surface area (Å²) in [6, 6.07) is 0.